The molecule has 76 valence electrons. The van der Waals surface area contributed by atoms with Gasteiger partial charge in [-0.05, 0) is 25.8 Å². The van der Waals surface area contributed by atoms with Crippen molar-refractivity contribution in [1.29, 1.82) is 10.5 Å². The van der Waals surface area contributed by atoms with Crippen molar-refractivity contribution in [2.75, 3.05) is 26.2 Å². The van der Waals surface area contributed by atoms with Gasteiger partial charge in [-0.25, -0.2) is 0 Å². The fourth-order valence-electron chi connectivity index (χ4n) is 1.31. The van der Waals surface area contributed by atoms with Crippen molar-refractivity contribution in [2.24, 2.45) is 0 Å². The maximum absolute atomic E-state index is 8.50. The molecule has 1 N–H and O–H groups in total. The molecule has 0 spiro atoms. The summed E-state index contributed by atoms with van der Waals surface area (Å²) in [7, 11) is 0. The largest absolute Gasteiger partial charge is 0.314 e. The summed E-state index contributed by atoms with van der Waals surface area (Å²) in [5.74, 6) is 0. The average Bonchev–Trinajstić information content (AvgIpc) is 2.96. The second kappa shape index (κ2) is 6.37. The molecule has 0 bridgehead atoms. The van der Waals surface area contributed by atoms with Gasteiger partial charge in [-0.3, -0.25) is 4.90 Å². The van der Waals surface area contributed by atoms with Crippen molar-refractivity contribution in [2.45, 2.75) is 25.3 Å². The van der Waals surface area contributed by atoms with Gasteiger partial charge in [-0.15, -0.1) is 0 Å². The molecule has 0 aromatic heterocycles. The number of hydrogen-bond donors (Lipinski definition) is 1. The van der Waals surface area contributed by atoms with Crippen LogP contribution in [0.25, 0.3) is 0 Å². The van der Waals surface area contributed by atoms with Crippen LogP contribution >= 0.6 is 0 Å². The topological polar surface area (TPSA) is 62.9 Å². The summed E-state index contributed by atoms with van der Waals surface area (Å²) < 4.78 is 0. The molecule has 14 heavy (non-hydrogen) atoms. The minimum atomic E-state index is 0.358. The summed E-state index contributed by atoms with van der Waals surface area (Å²) in [6.07, 6.45) is 3.63. The highest BCUT2D eigenvalue weighted by Crippen LogP contribution is 2.18. The normalized spacial score (nSPS) is 15.1. The van der Waals surface area contributed by atoms with E-state index in [9.17, 15) is 0 Å². The highest BCUT2D eigenvalue weighted by atomic mass is 15.1. The zero-order valence-corrected chi connectivity index (χ0v) is 8.37. The molecule has 0 aromatic carbocycles. The van der Waals surface area contributed by atoms with Crippen molar-refractivity contribution in [3.8, 4) is 12.1 Å². The summed E-state index contributed by atoms with van der Waals surface area (Å²) in [5, 5.41) is 20.4. The molecule has 4 nitrogen and oxygen atoms in total. The summed E-state index contributed by atoms with van der Waals surface area (Å²) in [6, 6.07) is 4.88. The molecular formula is C10H16N4. The summed E-state index contributed by atoms with van der Waals surface area (Å²) >= 11 is 0. The van der Waals surface area contributed by atoms with E-state index in [1.807, 2.05) is 4.90 Å². The predicted molar refractivity (Wildman–Crippen MR) is 53.3 cm³/mol. The van der Waals surface area contributed by atoms with Crippen LogP contribution in [-0.4, -0.2) is 37.1 Å². The summed E-state index contributed by atoms with van der Waals surface area (Å²) in [4.78, 5) is 1.87. The van der Waals surface area contributed by atoms with Gasteiger partial charge in [0.2, 0.25) is 0 Å². The van der Waals surface area contributed by atoms with Gasteiger partial charge in [0.15, 0.2) is 0 Å². The molecule has 1 rings (SSSR count). The van der Waals surface area contributed by atoms with Crippen LogP contribution in [-0.2, 0) is 0 Å². The van der Waals surface area contributed by atoms with Crippen LogP contribution < -0.4 is 5.32 Å². The Morgan fingerprint density at radius 1 is 1.21 bits per heavy atom. The number of nitrogens with zero attached hydrogens (tertiary/aromatic N) is 3. The van der Waals surface area contributed by atoms with Crippen molar-refractivity contribution < 1.29 is 0 Å². The Hall–Kier alpha value is -1.10. The molecule has 1 aliphatic carbocycles. The lowest BCUT2D eigenvalue weighted by molar-refractivity contribution is 0.334. The third-order valence-electron chi connectivity index (χ3n) is 2.25. The predicted octanol–water partition coefficient (Wildman–Crippen LogP) is 0.478. The van der Waals surface area contributed by atoms with Crippen molar-refractivity contribution in [3.63, 3.8) is 0 Å². The van der Waals surface area contributed by atoms with Crippen LogP contribution in [0.15, 0.2) is 0 Å². The van der Waals surface area contributed by atoms with Crippen molar-refractivity contribution >= 4 is 0 Å². The molecular weight excluding hydrogens is 176 g/mol. The molecule has 0 radical (unpaired) electrons. The molecule has 0 amide bonds. The van der Waals surface area contributed by atoms with Crippen LogP contribution in [0.5, 0.6) is 0 Å². The first kappa shape index (κ1) is 11.0. The summed E-state index contributed by atoms with van der Waals surface area (Å²) in [5.41, 5.74) is 0. The highest BCUT2D eigenvalue weighted by molar-refractivity contribution is 4.84. The van der Waals surface area contributed by atoms with E-state index in [1.165, 1.54) is 12.8 Å². The third-order valence-corrected chi connectivity index (χ3v) is 2.25. The molecule has 0 saturated heterocycles. The molecule has 1 fully saturated rings. The maximum Gasteiger partial charge on any atom is 0.0874 e. The SMILES string of the molecule is N#CCN(CC#N)CCCNC1CC1. The van der Waals surface area contributed by atoms with Crippen LogP contribution in [0.4, 0.5) is 0 Å². The molecule has 0 aliphatic heterocycles. The van der Waals surface area contributed by atoms with Crippen LogP contribution in [0, 0.1) is 22.7 Å². The van der Waals surface area contributed by atoms with Gasteiger partial charge in [-0.1, -0.05) is 0 Å². The van der Waals surface area contributed by atoms with Crippen LogP contribution in [0.2, 0.25) is 0 Å². The standard InChI is InChI=1S/C10H16N4/c11-4-8-14(9-5-12)7-1-6-13-10-2-3-10/h10,13H,1-3,6-9H2. The fourth-order valence-corrected chi connectivity index (χ4v) is 1.31. The minimum Gasteiger partial charge on any atom is -0.314 e. The molecule has 0 unspecified atom stereocenters. The van der Waals surface area contributed by atoms with E-state index in [1.54, 1.807) is 0 Å². The lowest BCUT2D eigenvalue weighted by Crippen LogP contribution is -2.28. The molecule has 0 heterocycles. The van der Waals surface area contributed by atoms with E-state index in [-0.39, 0.29) is 0 Å². The first-order chi connectivity index (χ1) is 6.86. The Morgan fingerprint density at radius 2 is 1.86 bits per heavy atom. The molecule has 4 heteroatoms. The first-order valence-corrected chi connectivity index (χ1v) is 5.06. The lowest BCUT2D eigenvalue weighted by Gasteiger charge is -2.14. The second-order valence-corrected chi connectivity index (χ2v) is 3.61. The minimum absolute atomic E-state index is 0.358. The molecule has 0 aromatic rings. The lowest BCUT2D eigenvalue weighted by atomic mass is 10.3. The van der Waals surface area contributed by atoms with E-state index < -0.39 is 0 Å². The molecule has 1 saturated carbocycles. The van der Waals surface area contributed by atoms with Gasteiger partial charge in [0.05, 0.1) is 25.2 Å². The Labute approximate surface area is 85.1 Å². The van der Waals surface area contributed by atoms with Gasteiger partial charge >= 0.3 is 0 Å². The Morgan fingerprint density at radius 3 is 2.36 bits per heavy atom. The number of nitrogens with one attached hydrogen (secondary N) is 1. The van der Waals surface area contributed by atoms with Gasteiger partial charge < -0.3 is 5.32 Å². The van der Waals surface area contributed by atoms with Crippen LogP contribution in [0.1, 0.15) is 19.3 Å². The molecule has 1 aliphatic rings. The van der Waals surface area contributed by atoms with Gasteiger partial charge in [-0.2, -0.15) is 10.5 Å². The Kier molecular flexibility index (Phi) is 4.99. The van der Waals surface area contributed by atoms with E-state index in [0.29, 0.717) is 13.1 Å². The molecule has 0 atom stereocenters. The third kappa shape index (κ3) is 4.81. The van der Waals surface area contributed by atoms with Gasteiger partial charge in [0.1, 0.15) is 0 Å². The smallest absolute Gasteiger partial charge is 0.0874 e. The zero-order valence-electron chi connectivity index (χ0n) is 8.37. The number of rotatable bonds is 7. The summed E-state index contributed by atoms with van der Waals surface area (Å²) in [6.45, 7) is 2.55. The Bertz CT molecular complexity index is 217. The van der Waals surface area contributed by atoms with E-state index in [2.05, 4.69) is 17.5 Å². The number of nitriles is 2. The van der Waals surface area contributed by atoms with E-state index in [4.69, 9.17) is 10.5 Å². The maximum atomic E-state index is 8.50. The first-order valence-electron chi connectivity index (χ1n) is 5.06. The van der Waals surface area contributed by atoms with Crippen LogP contribution in [0.3, 0.4) is 0 Å². The highest BCUT2D eigenvalue weighted by Gasteiger charge is 2.19. The zero-order chi connectivity index (χ0) is 10.2. The average molecular weight is 192 g/mol. The van der Waals surface area contributed by atoms with Crippen molar-refractivity contribution in [3.05, 3.63) is 0 Å². The van der Waals surface area contributed by atoms with Gasteiger partial charge in [0.25, 0.3) is 0 Å². The Balaban J connectivity index is 2.00. The quantitative estimate of drug-likeness (QED) is 0.470. The monoisotopic (exact) mass is 192 g/mol. The van der Waals surface area contributed by atoms with Gasteiger partial charge in [0, 0.05) is 12.6 Å². The number of hydrogen-bond acceptors (Lipinski definition) is 4. The fraction of sp³-hybridized carbons (Fsp3) is 0.800. The second-order valence-electron chi connectivity index (χ2n) is 3.61. The van der Waals surface area contributed by atoms with Crippen molar-refractivity contribution in [1.82, 2.24) is 10.2 Å². The van der Waals surface area contributed by atoms with E-state index >= 15 is 0 Å². The van der Waals surface area contributed by atoms with E-state index in [0.717, 1.165) is 25.6 Å².